The molecule has 8 heteroatoms. The molecule has 0 radical (unpaired) electrons. The van der Waals surface area contributed by atoms with Crippen molar-refractivity contribution in [2.45, 2.75) is 6.42 Å². The molecule has 1 aromatic rings. The van der Waals surface area contributed by atoms with Gasteiger partial charge in [0.15, 0.2) is 5.69 Å². The molecular formula is C9H10N2O6. The third kappa shape index (κ3) is 3.38. The zero-order chi connectivity index (χ0) is 12.8. The molecule has 17 heavy (non-hydrogen) atoms. The van der Waals surface area contributed by atoms with E-state index in [-0.39, 0.29) is 31.2 Å². The lowest BCUT2D eigenvalue weighted by Crippen LogP contribution is -2.07. The Kier molecular flexibility index (Phi) is 4.35. The number of aliphatic hydroxyl groups excluding tert-OH is 1. The summed E-state index contributed by atoms with van der Waals surface area (Å²) in [5.41, 5.74) is -0.748. The van der Waals surface area contributed by atoms with Gasteiger partial charge in [0.1, 0.15) is 0 Å². The van der Waals surface area contributed by atoms with Crippen LogP contribution < -0.4 is 4.74 Å². The fraction of sp³-hybridized carbons (Fsp3) is 0.333. The van der Waals surface area contributed by atoms with E-state index in [0.29, 0.717) is 0 Å². The third-order valence-corrected chi connectivity index (χ3v) is 1.80. The lowest BCUT2D eigenvalue weighted by atomic mass is 10.3. The SMILES string of the molecule is O=C(O)c1ccc([N+](=O)[O-])c(OCCCO)n1. The number of aliphatic hydroxyl groups is 1. The van der Waals surface area contributed by atoms with Gasteiger partial charge in [0.25, 0.3) is 5.88 Å². The van der Waals surface area contributed by atoms with Gasteiger partial charge >= 0.3 is 11.7 Å². The Hall–Kier alpha value is -2.22. The molecule has 0 spiro atoms. The molecule has 0 aliphatic carbocycles. The number of aromatic carboxylic acids is 1. The van der Waals surface area contributed by atoms with E-state index >= 15 is 0 Å². The summed E-state index contributed by atoms with van der Waals surface area (Å²) in [7, 11) is 0. The lowest BCUT2D eigenvalue weighted by Gasteiger charge is -2.05. The Morgan fingerprint density at radius 1 is 1.53 bits per heavy atom. The molecule has 0 aliphatic rings. The number of hydrogen-bond donors (Lipinski definition) is 2. The van der Waals surface area contributed by atoms with Crippen molar-refractivity contribution in [3.63, 3.8) is 0 Å². The van der Waals surface area contributed by atoms with Crippen LogP contribution in [0.2, 0.25) is 0 Å². The van der Waals surface area contributed by atoms with E-state index in [1.807, 2.05) is 0 Å². The summed E-state index contributed by atoms with van der Waals surface area (Å²) in [6.07, 6.45) is 0.274. The number of carboxylic acid groups (broad SMARTS) is 1. The normalized spacial score (nSPS) is 9.94. The second-order valence-electron chi connectivity index (χ2n) is 3.01. The van der Waals surface area contributed by atoms with Gasteiger partial charge < -0.3 is 14.9 Å². The van der Waals surface area contributed by atoms with Crippen LogP contribution in [0.15, 0.2) is 12.1 Å². The first kappa shape index (κ1) is 12.8. The number of carbonyl (C=O) groups is 1. The maximum Gasteiger partial charge on any atom is 0.354 e. The van der Waals surface area contributed by atoms with Crippen molar-refractivity contribution < 1.29 is 24.7 Å². The van der Waals surface area contributed by atoms with Crippen molar-refractivity contribution in [1.29, 1.82) is 0 Å². The number of pyridine rings is 1. The maximum atomic E-state index is 10.6. The average molecular weight is 242 g/mol. The molecule has 0 saturated heterocycles. The van der Waals surface area contributed by atoms with Crippen LogP contribution in [-0.2, 0) is 0 Å². The van der Waals surface area contributed by atoms with Gasteiger partial charge in [-0.3, -0.25) is 10.1 Å². The smallest absolute Gasteiger partial charge is 0.354 e. The summed E-state index contributed by atoms with van der Waals surface area (Å²) in [5, 5.41) is 27.8. The van der Waals surface area contributed by atoms with Crippen LogP contribution in [0.25, 0.3) is 0 Å². The van der Waals surface area contributed by atoms with Gasteiger partial charge in [0, 0.05) is 19.1 Å². The highest BCUT2D eigenvalue weighted by Crippen LogP contribution is 2.24. The lowest BCUT2D eigenvalue weighted by molar-refractivity contribution is -0.386. The number of ether oxygens (including phenoxy) is 1. The minimum atomic E-state index is -1.30. The molecule has 0 fully saturated rings. The predicted octanol–water partition coefficient (Wildman–Crippen LogP) is 0.449. The number of nitrogens with zero attached hydrogens (tertiary/aromatic N) is 2. The van der Waals surface area contributed by atoms with E-state index in [9.17, 15) is 14.9 Å². The standard InChI is InChI=1S/C9H10N2O6/c12-4-1-5-17-8-7(11(15)16)3-2-6(10-8)9(13)14/h2-3,12H,1,4-5H2,(H,13,14). The van der Waals surface area contributed by atoms with Gasteiger partial charge in [-0.1, -0.05) is 0 Å². The van der Waals surface area contributed by atoms with E-state index in [2.05, 4.69) is 4.98 Å². The van der Waals surface area contributed by atoms with Crippen molar-refractivity contribution in [2.75, 3.05) is 13.2 Å². The largest absolute Gasteiger partial charge is 0.477 e. The van der Waals surface area contributed by atoms with Gasteiger partial charge in [-0.15, -0.1) is 0 Å². The highest BCUT2D eigenvalue weighted by Gasteiger charge is 2.19. The molecule has 0 aliphatic heterocycles. The van der Waals surface area contributed by atoms with Gasteiger partial charge in [0.2, 0.25) is 0 Å². The molecule has 0 bridgehead atoms. The second kappa shape index (κ2) is 5.75. The molecular weight excluding hydrogens is 232 g/mol. The van der Waals surface area contributed by atoms with Crippen LogP contribution in [0.4, 0.5) is 5.69 Å². The van der Waals surface area contributed by atoms with Crippen LogP contribution >= 0.6 is 0 Å². The first-order valence-electron chi connectivity index (χ1n) is 4.68. The highest BCUT2D eigenvalue weighted by atomic mass is 16.6. The minimum Gasteiger partial charge on any atom is -0.477 e. The summed E-state index contributed by atoms with van der Waals surface area (Å²) in [5.74, 6) is -1.66. The minimum absolute atomic E-state index is 0.0212. The van der Waals surface area contributed by atoms with Crippen molar-refractivity contribution in [1.82, 2.24) is 4.98 Å². The molecule has 0 unspecified atom stereocenters. The Morgan fingerprint density at radius 2 is 2.24 bits per heavy atom. The van der Waals surface area contributed by atoms with Crippen molar-refractivity contribution in [3.05, 3.63) is 27.9 Å². The molecule has 2 N–H and O–H groups in total. The second-order valence-corrected chi connectivity index (χ2v) is 3.01. The number of hydrogen-bond acceptors (Lipinski definition) is 6. The van der Waals surface area contributed by atoms with Gasteiger partial charge in [0.05, 0.1) is 11.5 Å². The summed E-state index contributed by atoms with van der Waals surface area (Å²) in [6, 6.07) is 2.05. The Labute approximate surface area is 95.6 Å². The van der Waals surface area contributed by atoms with Crippen molar-refractivity contribution in [2.24, 2.45) is 0 Å². The molecule has 1 heterocycles. The highest BCUT2D eigenvalue weighted by molar-refractivity contribution is 5.85. The Bertz CT molecular complexity index is 433. The fourth-order valence-corrected chi connectivity index (χ4v) is 1.03. The molecule has 1 aromatic heterocycles. The first-order chi connectivity index (χ1) is 8.06. The van der Waals surface area contributed by atoms with E-state index in [1.54, 1.807) is 0 Å². The monoisotopic (exact) mass is 242 g/mol. The molecule has 0 saturated carbocycles. The van der Waals surface area contributed by atoms with Crippen LogP contribution in [-0.4, -0.2) is 39.3 Å². The number of carboxylic acids is 1. The molecule has 1 rings (SSSR count). The van der Waals surface area contributed by atoms with Crippen LogP contribution in [0.5, 0.6) is 5.88 Å². The van der Waals surface area contributed by atoms with Gasteiger partial charge in [-0.25, -0.2) is 9.78 Å². The molecule has 0 atom stereocenters. The molecule has 0 aromatic carbocycles. The summed E-state index contributed by atoms with van der Waals surface area (Å²) < 4.78 is 4.95. The fourth-order valence-electron chi connectivity index (χ4n) is 1.03. The quantitative estimate of drug-likeness (QED) is 0.421. The van der Waals surface area contributed by atoms with Crippen LogP contribution in [0.3, 0.4) is 0 Å². The summed E-state index contributed by atoms with van der Waals surface area (Å²) >= 11 is 0. The van der Waals surface area contributed by atoms with Gasteiger partial charge in [-0.05, 0) is 6.07 Å². The first-order valence-corrected chi connectivity index (χ1v) is 4.68. The summed E-state index contributed by atoms with van der Waals surface area (Å²) in [6.45, 7) is -0.111. The zero-order valence-electron chi connectivity index (χ0n) is 8.70. The Morgan fingerprint density at radius 3 is 2.76 bits per heavy atom. The summed E-state index contributed by atoms with van der Waals surface area (Å²) in [4.78, 5) is 24.1. The molecule has 0 amide bonds. The zero-order valence-corrected chi connectivity index (χ0v) is 8.70. The van der Waals surface area contributed by atoms with Crippen LogP contribution in [0, 0.1) is 10.1 Å². The molecule has 92 valence electrons. The Balaban J connectivity index is 2.98. The van der Waals surface area contributed by atoms with Crippen LogP contribution in [0.1, 0.15) is 16.9 Å². The van der Waals surface area contributed by atoms with E-state index in [1.165, 1.54) is 0 Å². The van der Waals surface area contributed by atoms with Crippen molar-refractivity contribution in [3.8, 4) is 5.88 Å². The van der Waals surface area contributed by atoms with E-state index in [0.717, 1.165) is 12.1 Å². The topological polar surface area (TPSA) is 123 Å². The number of nitro groups is 1. The van der Waals surface area contributed by atoms with E-state index in [4.69, 9.17) is 14.9 Å². The maximum absolute atomic E-state index is 10.6. The van der Waals surface area contributed by atoms with Gasteiger partial charge in [-0.2, -0.15) is 0 Å². The van der Waals surface area contributed by atoms with Crippen molar-refractivity contribution >= 4 is 11.7 Å². The number of aromatic nitrogens is 1. The predicted molar refractivity (Wildman–Crippen MR) is 55.0 cm³/mol. The van der Waals surface area contributed by atoms with E-state index < -0.39 is 16.6 Å². The number of rotatable bonds is 6. The molecule has 8 nitrogen and oxygen atoms in total. The third-order valence-electron chi connectivity index (χ3n) is 1.80. The average Bonchev–Trinajstić information content (AvgIpc) is 2.28.